The maximum absolute atomic E-state index is 13.1. The minimum atomic E-state index is -0.273. The molecule has 3 amide bonds. The van der Waals surface area contributed by atoms with Gasteiger partial charge in [0.1, 0.15) is 0 Å². The molecule has 4 rings (SSSR count). The molecule has 3 aromatic rings. The summed E-state index contributed by atoms with van der Waals surface area (Å²) in [5.41, 5.74) is 2.96. The first-order valence-corrected chi connectivity index (χ1v) is 11.6. The quantitative estimate of drug-likeness (QED) is 0.520. The van der Waals surface area contributed by atoms with Crippen LogP contribution in [0.1, 0.15) is 23.5 Å². The Morgan fingerprint density at radius 1 is 0.909 bits per heavy atom. The van der Waals surface area contributed by atoms with Gasteiger partial charge in [0, 0.05) is 36.3 Å². The van der Waals surface area contributed by atoms with Gasteiger partial charge in [-0.15, -0.1) is 0 Å². The highest BCUT2D eigenvalue weighted by atomic mass is 35.5. The molecule has 2 atom stereocenters. The molecule has 0 saturated carbocycles. The molecule has 0 spiro atoms. The van der Waals surface area contributed by atoms with E-state index in [0.717, 1.165) is 12.0 Å². The van der Waals surface area contributed by atoms with E-state index in [9.17, 15) is 9.59 Å². The van der Waals surface area contributed by atoms with Crippen molar-refractivity contribution in [3.05, 3.63) is 101 Å². The Balaban J connectivity index is 1.43. The lowest BCUT2D eigenvalue weighted by Gasteiger charge is -2.37. The first-order valence-electron chi connectivity index (χ1n) is 11.3. The number of amides is 3. The number of rotatable bonds is 6. The molecular weight excluding hydrogens is 434 g/mol. The van der Waals surface area contributed by atoms with Crippen LogP contribution >= 0.6 is 11.6 Å². The zero-order valence-corrected chi connectivity index (χ0v) is 19.2. The molecule has 33 heavy (non-hydrogen) atoms. The number of hydrogen-bond acceptors (Lipinski definition) is 2. The molecule has 1 aliphatic heterocycles. The number of likely N-dealkylation sites (tertiary alicyclic amines) is 1. The minimum absolute atomic E-state index is 0.00730. The molecule has 1 saturated heterocycles. The summed E-state index contributed by atoms with van der Waals surface area (Å²) in [4.78, 5) is 27.9. The Morgan fingerprint density at radius 2 is 1.64 bits per heavy atom. The molecule has 1 fully saturated rings. The number of anilines is 1. The molecule has 3 aromatic carbocycles. The van der Waals surface area contributed by atoms with Crippen LogP contribution in [0.25, 0.3) is 0 Å². The molecule has 0 aromatic heterocycles. The number of halogens is 1. The molecule has 2 N–H and O–H groups in total. The minimum Gasteiger partial charge on any atom is -0.355 e. The van der Waals surface area contributed by atoms with Crippen molar-refractivity contribution in [2.45, 2.75) is 18.8 Å². The number of urea groups is 1. The van der Waals surface area contributed by atoms with E-state index in [-0.39, 0.29) is 23.8 Å². The number of carbonyl (C=O) groups is 2. The summed E-state index contributed by atoms with van der Waals surface area (Å²) in [5, 5.41) is 6.55. The van der Waals surface area contributed by atoms with Gasteiger partial charge >= 0.3 is 6.03 Å². The Kier molecular flexibility index (Phi) is 7.63. The van der Waals surface area contributed by atoms with Crippen molar-refractivity contribution in [1.29, 1.82) is 0 Å². The predicted molar refractivity (Wildman–Crippen MR) is 132 cm³/mol. The van der Waals surface area contributed by atoms with Gasteiger partial charge in [0.05, 0.1) is 5.92 Å². The zero-order chi connectivity index (χ0) is 23.0. The third kappa shape index (κ3) is 6.36. The summed E-state index contributed by atoms with van der Waals surface area (Å²) in [7, 11) is 0. The van der Waals surface area contributed by atoms with Crippen LogP contribution in [-0.2, 0) is 11.2 Å². The normalized spacial score (nSPS) is 17.9. The lowest BCUT2D eigenvalue weighted by atomic mass is 9.84. The molecule has 6 heteroatoms. The molecule has 5 nitrogen and oxygen atoms in total. The van der Waals surface area contributed by atoms with E-state index in [4.69, 9.17) is 11.6 Å². The van der Waals surface area contributed by atoms with Crippen LogP contribution in [0.3, 0.4) is 0 Å². The topological polar surface area (TPSA) is 61.4 Å². The van der Waals surface area contributed by atoms with Gasteiger partial charge in [0.2, 0.25) is 5.91 Å². The van der Waals surface area contributed by atoms with Gasteiger partial charge in [-0.1, -0.05) is 78.3 Å². The van der Waals surface area contributed by atoms with Crippen molar-refractivity contribution >= 4 is 29.2 Å². The second-order valence-electron chi connectivity index (χ2n) is 8.41. The lowest BCUT2D eigenvalue weighted by molar-refractivity contribution is -0.126. The third-order valence-electron chi connectivity index (χ3n) is 6.01. The maximum atomic E-state index is 13.1. The van der Waals surface area contributed by atoms with Crippen molar-refractivity contribution in [3.8, 4) is 0 Å². The van der Waals surface area contributed by atoms with Crippen LogP contribution in [-0.4, -0.2) is 36.5 Å². The fraction of sp³-hybridized carbons (Fsp3) is 0.259. The molecule has 0 bridgehead atoms. The van der Waals surface area contributed by atoms with Gasteiger partial charge in [-0.2, -0.15) is 0 Å². The molecule has 0 radical (unpaired) electrons. The first kappa shape index (κ1) is 22.9. The van der Waals surface area contributed by atoms with E-state index < -0.39 is 0 Å². The van der Waals surface area contributed by atoms with Crippen LogP contribution < -0.4 is 10.6 Å². The summed E-state index contributed by atoms with van der Waals surface area (Å²) in [5.74, 6) is -0.188. The van der Waals surface area contributed by atoms with Crippen molar-refractivity contribution in [2.75, 3.05) is 25.0 Å². The Bertz CT molecular complexity index is 1070. The number of carbonyl (C=O) groups excluding carboxylic acids is 2. The van der Waals surface area contributed by atoms with E-state index >= 15 is 0 Å². The van der Waals surface area contributed by atoms with Crippen molar-refractivity contribution in [1.82, 2.24) is 10.2 Å². The maximum Gasteiger partial charge on any atom is 0.321 e. The highest BCUT2D eigenvalue weighted by Crippen LogP contribution is 2.31. The molecular formula is C27H28ClN3O2. The fourth-order valence-corrected chi connectivity index (χ4v) is 4.50. The molecule has 1 aliphatic rings. The number of piperidine rings is 1. The van der Waals surface area contributed by atoms with E-state index in [1.165, 1.54) is 5.56 Å². The number of nitrogens with zero attached hydrogens (tertiary/aromatic N) is 1. The van der Waals surface area contributed by atoms with Gasteiger partial charge in [-0.3, -0.25) is 4.79 Å². The average Bonchev–Trinajstić information content (AvgIpc) is 2.85. The third-order valence-corrected chi connectivity index (χ3v) is 6.25. The summed E-state index contributed by atoms with van der Waals surface area (Å²) >= 11 is 6.06. The summed E-state index contributed by atoms with van der Waals surface area (Å²) in [6, 6.07) is 27.0. The van der Waals surface area contributed by atoms with Crippen molar-refractivity contribution in [2.24, 2.45) is 5.92 Å². The van der Waals surface area contributed by atoms with Crippen LogP contribution in [0.15, 0.2) is 84.9 Å². The van der Waals surface area contributed by atoms with Gasteiger partial charge in [-0.25, -0.2) is 4.79 Å². The number of nitrogens with one attached hydrogen (secondary N) is 2. The summed E-state index contributed by atoms with van der Waals surface area (Å²) in [6.45, 7) is 1.52. The Hall–Kier alpha value is -3.31. The Labute approximate surface area is 199 Å². The van der Waals surface area contributed by atoms with Crippen LogP contribution in [0.5, 0.6) is 0 Å². The summed E-state index contributed by atoms with van der Waals surface area (Å²) < 4.78 is 0. The zero-order valence-electron chi connectivity index (χ0n) is 18.4. The number of benzene rings is 3. The predicted octanol–water partition coefficient (Wildman–Crippen LogP) is 5.34. The fourth-order valence-electron chi connectivity index (χ4n) is 4.31. The van der Waals surface area contributed by atoms with E-state index in [1.54, 1.807) is 29.2 Å². The largest absolute Gasteiger partial charge is 0.355 e. The van der Waals surface area contributed by atoms with Crippen LogP contribution in [0.2, 0.25) is 5.02 Å². The van der Waals surface area contributed by atoms with Gasteiger partial charge in [0.15, 0.2) is 0 Å². The highest BCUT2D eigenvalue weighted by Gasteiger charge is 2.34. The SMILES string of the molecule is O=C(NCCc1ccccc1)C1CC(c2ccccc2)CN(C(=O)Nc2cccc(Cl)c2)C1. The van der Waals surface area contributed by atoms with Crippen molar-refractivity contribution in [3.63, 3.8) is 0 Å². The van der Waals surface area contributed by atoms with Gasteiger partial charge < -0.3 is 15.5 Å². The number of hydrogen-bond donors (Lipinski definition) is 2. The second kappa shape index (κ2) is 11.0. The van der Waals surface area contributed by atoms with Crippen LogP contribution in [0.4, 0.5) is 10.5 Å². The second-order valence-corrected chi connectivity index (χ2v) is 8.85. The molecule has 170 valence electrons. The summed E-state index contributed by atoms with van der Waals surface area (Å²) in [6.07, 6.45) is 1.49. The molecule has 2 unspecified atom stereocenters. The van der Waals surface area contributed by atoms with Gasteiger partial charge in [0.25, 0.3) is 0 Å². The van der Waals surface area contributed by atoms with Crippen molar-refractivity contribution < 1.29 is 9.59 Å². The molecule has 1 heterocycles. The lowest BCUT2D eigenvalue weighted by Crippen LogP contribution is -2.49. The standard InChI is InChI=1S/C27H28ClN3O2/c28-24-12-7-13-25(17-24)30-27(33)31-18-22(21-10-5-2-6-11-21)16-23(19-31)26(32)29-15-14-20-8-3-1-4-9-20/h1-13,17,22-23H,14-16,18-19H2,(H,29,32)(H,30,33). The van der Waals surface area contributed by atoms with E-state index in [0.29, 0.717) is 36.8 Å². The highest BCUT2D eigenvalue weighted by molar-refractivity contribution is 6.30. The smallest absolute Gasteiger partial charge is 0.321 e. The Morgan fingerprint density at radius 3 is 2.36 bits per heavy atom. The average molecular weight is 462 g/mol. The monoisotopic (exact) mass is 461 g/mol. The van der Waals surface area contributed by atoms with E-state index in [1.807, 2.05) is 36.4 Å². The van der Waals surface area contributed by atoms with Gasteiger partial charge in [-0.05, 0) is 42.2 Å². The molecule has 0 aliphatic carbocycles. The first-order chi connectivity index (χ1) is 16.1. The van der Waals surface area contributed by atoms with Crippen LogP contribution in [0, 0.1) is 5.92 Å². The van der Waals surface area contributed by atoms with E-state index in [2.05, 4.69) is 34.9 Å².